The molecule has 1 saturated heterocycles. The van der Waals surface area contributed by atoms with Crippen molar-refractivity contribution in [1.29, 1.82) is 0 Å². The van der Waals surface area contributed by atoms with Crippen molar-refractivity contribution in [3.8, 4) is 0 Å². The first-order valence-electron chi connectivity index (χ1n) is 9.52. The SMILES string of the molecule is O=C(NCCCN1CCCC1)c1ccc2c(c1)S(=O)(=O)c1ccccc1C2=O. The van der Waals surface area contributed by atoms with Crippen LogP contribution in [0.1, 0.15) is 45.5 Å². The number of carbonyl (C=O) groups is 2. The van der Waals surface area contributed by atoms with Gasteiger partial charge in [-0.05, 0) is 69.2 Å². The van der Waals surface area contributed by atoms with E-state index in [1.165, 1.54) is 43.2 Å². The molecule has 2 aliphatic heterocycles. The van der Waals surface area contributed by atoms with E-state index in [-0.39, 0.29) is 38.2 Å². The number of nitrogens with one attached hydrogen (secondary N) is 1. The van der Waals surface area contributed by atoms with Crippen LogP contribution < -0.4 is 5.32 Å². The molecule has 7 heteroatoms. The van der Waals surface area contributed by atoms with Gasteiger partial charge >= 0.3 is 0 Å². The lowest BCUT2D eigenvalue weighted by Gasteiger charge is -2.19. The first-order chi connectivity index (χ1) is 13.5. The molecule has 0 unspecified atom stereocenters. The molecule has 2 heterocycles. The molecule has 0 saturated carbocycles. The largest absolute Gasteiger partial charge is 0.352 e. The molecular weight excluding hydrogens is 376 g/mol. The zero-order valence-corrected chi connectivity index (χ0v) is 16.3. The normalized spacial score (nSPS) is 17.8. The van der Waals surface area contributed by atoms with Gasteiger partial charge in [-0.1, -0.05) is 12.1 Å². The molecule has 1 amide bonds. The van der Waals surface area contributed by atoms with Crippen LogP contribution in [0.25, 0.3) is 0 Å². The van der Waals surface area contributed by atoms with Crippen molar-refractivity contribution in [2.45, 2.75) is 29.1 Å². The molecule has 0 aliphatic carbocycles. The van der Waals surface area contributed by atoms with Crippen LogP contribution in [0.4, 0.5) is 0 Å². The molecule has 2 aliphatic rings. The van der Waals surface area contributed by atoms with Gasteiger partial charge in [0.1, 0.15) is 0 Å². The minimum atomic E-state index is -3.83. The third kappa shape index (κ3) is 3.36. The summed E-state index contributed by atoms with van der Waals surface area (Å²) >= 11 is 0. The Morgan fingerprint density at radius 2 is 1.71 bits per heavy atom. The number of hydrogen-bond donors (Lipinski definition) is 1. The lowest BCUT2D eigenvalue weighted by molar-refractivity contribution is 0.0950. The van der Waals surface area contributed by atoms with Crippen molar-refractivity contribution < 1.29 is 18.0 Å². The van der Waals surface area contributed by atoms with Crippen molar-refractivity contribution in [3.05, 3.63) is 59.2 Å². The quantitative estimate of drug-likeness (QED) is 0.667. The number of rotatable bonds is 5. The standard InChI is InChI=1S/C21H22N2O4S/c24-20-16-6-1-2-7-18(16)28(26,27)19-14-15(8-9-17(19)20)21(25)22-10-5-13-23-11-3-4-12-23/h1-2,6-9,14H,3-5,10-13H2,(H,22,25). The van der Waals surface area contributed by atoms with Gasteiger partial charge in [0, 0.05) is 23.2 Å². The number of carbonyl (C=O) groups excluding carboxylic acids is 2. The number of nitrogens with zero attached hydrogens (tertiary/aromatic N) is 1. The average Bonchev–Trinajstić information content (AvgIpc) is 3.23. The van der Waals surface area contributed by atoms with Gasteiger partial charge in [-0.3, -0.25) is 9.59 Å². The van der Waals surface area contributed by atoms with Gasteiger partial charge < -0.3 is 10.2 Å². The molecule has 0 atom stereocenters. The fraction of sp³-hybridized carbons (Fsp3) is 0.333. The number of likely N-dealkylation sites (tertiary alicyclic amines) is 1. The fourth-order valence-electron chi connectivity index (χ4n) is 3.84. The van der Waals surface area contributed by atoms with Crippen LogP contribution in [-0.2, 0) is 9.84 Å². The zero-order valence-electron chi connectivity index (χ0n) is 15.5. The zero-order chi connectivity index (χ0) is 19.7. The smallest absolute Gasteiger partial charge is 0.251 e. The van der Waals surface area contributed by atoms with E-state index in [0.717, 1.165) is 26.1 Å². The molecule has 0 aromatic heterocycles. The van der Waals surface area contributed by atoms with E-state index < -0.39 is 9.84 Å². The predicted octanol–water partition coefficient (Wildman–Crippen LogP) is 2.28. The van der Waals surface area contributed by atoms with Crippen LogP contribution in [0.5, 0.6) is 0 Å². The molecule has 4 rings (SSSR count). The number of sulfone groups is 1. The Bertz CT molecular complexity index is 1040. The molecule has 6 nitrogen and oxygen atoms in total. The summed E-state index contributed by atoms with van der Waals surface area (Å²) in [5.41, 5.74) is 0.536. The first-order valence-corrected chi connectivity index (χ1v) is 11.0. The third-order valence-electron chi connectivity index (χ3n) is 5.33. The summed E-state index contributed by atoms with van der Waals surface area (Å²) in [5.74, 6) is -0.663. The Hall–Kier alpha value is -2.51. The second-order valence-electron chi connectivity index (χ2n) is 7.20. The van der Waals surface area contributed by atoms with Crippen LogP contribution in [0.15, 0.2) is 52.3 Å². The Kier molecular flexibility index (Phi) is 5.03. The molecule has 0 spiro atoms. The van der Waals surface area contributed by atoms with Crippen LogP contribution in [0, 0.1) is 0 Å². The highest BCUT2D eigenvalue weighted by Gasteiger charge is 2.34. The molecule has 28 heavy (non-hydrogen) atoms. The summed E-state index contributed by atoms with van der Waals surface area (Å²) < 4.78 is 25.9. The summed E-state index contributed by atoms with van der Waals surface area (Å²) in [6.07, 6.45) is 3.32. The Labute approximate surface area is 164 Å². The summed E-state index contributed by atoms with van der Waals surface area (Å²) in [7, 11) is -3.83. The number of hydrogen-bond acceptors (Lipinski definition) is 5. The van der Waals surface area contributed by atoms with Crippen molar-refractivity contribution in [2.75, 3.05) is 26.2 Å². The highest BCUT2D eigenvalue weighted by Crippen LogP contribution is 2.34. The maximum atomic E-state index is 12.9. The molecule has 1 N–H and O–H groups in total. The van der Waals surface area contributed by atoms with E-state index in [1.54, 1.807) is 12.1 Å². The maximum Gasteiger partial charge on any atom is 0.251 e. The van der Waals surface area contributed by atoms with E-state index in [0.29, 0.717) is 6.54 Å². The first kappa shape index (κ1) is 18.8. The summed E-state index contributed by atoms with van der Waals surface area (Å²) in [5, 5.41) is 2.84. The van der Waals surface area contributed by atoms with Gasteiger partial charge in [-0.25, -0.2) is 8.42 Å². The van der Waals surface area contributed by atoms with E-state index in [4.69, 9.17) is 0 Å². The monoisotopic (exact) mass is 398 g/mol. The molecule has 2 aromatic carbocycles. The number of fused-ring (bicyclic) bond motifs is 2. The van der Waals surface area contributed by atoms with E-state index in [2.05, 4.69) is 10.2 Å². The van der Waals surface area contributed by atoms with Crippen molar-refractivity contribution in [3.63, 3.8) is 0 Å². The molecule has 1 fully saturated rings. The van der Waals surface area contributed by atoms with Gasteiger partial charge in [-0.2, -0.15) is 0 Å². The topological polar surface area (TPSA) is 83.6 Å². The summed E-state index contributed by atoms with van der Waals surface area (Å²) in [4.78, 5) is 27.4. The van der Waals surface area contributed by atoms with Gasteiger partial charge in [0.05, 0.1) is 9.79 Å². The van der Waals surface area contributed by atoms with Crippen molar-refractivity contribution in [1.82, 2.24) is 10.2 Å². The molecular formula is C21H22N2O4S. The lowest BCUT2D eigenvalue weighted by atomic mass is 10.0. The third-order valence-corrected chi connectivity index (χ3v) is 7.19. The van der Waals surface area contributed by atoms with Crippen LogP contribution in [0.2, 0.25) is 0 Å². The van der Waals surface area contributed by atoms with Crippen LogP contribution in [-0.4, -0.2) is 51.2 Å². The lowest BCUT2D eigenvalue weighted by Crippen LogP contribution is -2.29. The van der Waals surface area contributed by atoms with E-state index in [1.807, 2.05) is 0 Å². The van der Waals surface area contributed by atoms with Gasteiger partial charge in [0.2, 0.25) is 9.84 Å². The second kappa shape index (κ2) is 7.48. The van der Waals surface area contributed by atoms with Gasteiger partial charge in [0.25, 0.3) is 5.91 Å². The predicted molar refractivity (Wildman–Crippen MR) is 104 cm³/mol. The minimum absolute atomic E-state index is 0.00401. The van der Waals surface area contributed by atoms with Gasteiger partial charge in [0.15, 0.2) is 5.78 Å². The number of amides is 1. The maximum absolute atomic E-state index is 12.9. The number of benzene rings is 2. The highest BCUT2D eigenvalue weighted by molar-refractivity contribution is 7.91. The Morgan fingerprint density at radius 1 is 1.00 bits per heavy atom. The summed E-state index contributed by atoms with van der Waals surface area (Å²) in [6, 6.07) is 10.4. The van der Waals surface area contributed by atoms with Crippen molar-refractivity contribution >= 4 is 21.5 Å². The molecule has 0 bridgehead atoms. The number of ketones is 1. The fourth-order valence-corrected chi connectivity index (χ4v) is 5.52. The van der Waals surface area contributed by atoms with Gasteiger partial charge in [-0.15, -0.1) is 0 Å². The van der Waals surface area contributed by atoms with E-state index >= 15 is 0 Å². The minimum Gasteiger partial charge on any atom is -0.352 e. The van der Waals surface area contributed by atoms with Crippen molar-refractivity contribution in [2.24, 2.45) is 0 Å². The highest BCUT2D eigenvalue weighted by atomic mass is 32.2. The summed E-state index contributed by atoms with van der Waals surface area (Å²) in [6.45, 7) is 3.71. The molecule has 146 valence electrons. The Balaban J connectivity index is 1.51. The Morgan fingerprint density at radius 3 is 2.50 bits per heavy atom. The van der Waals surface area contributed by atoms with Crippen LogP contribution in [0.3, 0.4) is 0 Å². The van der Waals surface area contributed by atoms with E-state index in [9.17, 15) is 18.0 Å². The average molecular weight is 398 g/mol. The molecule has 2 aromatic rings. The molecule has 0 radical (unpaired) electrons. The van der Waals surface area contributed by atoms with Crippen LogP contribution >= 0.6 is 0 Å². The second-order valence-corrected chi connectivity index (χ2v) is 9.08.